The van der Waals surface area contributed by atoms with Crippen LogP contribution in [0.15, 0.2) is 18.2 Å². The fourth-order valence-corrected chi connectivity index (χ4v) is 2.12. The number of carbonyl (C=O) groups is 1. The topological polar surface area (TPSA) is 75.5 Å². The Morgan fingerprint density at radius 2 is 2.32 bits per heavy atom. The van der Waals surface area contributed by atoms with Crippen molar-refractivity contribution in [2.75, 3.05) is 13.6 Å². The van der Waals surface area contributed by atoms with E-state index in [1.165, 1.54) is 0 Å². The van der Waals surface area contributed by atoms with Crippen LogP contribution in [0.1, 0.15) is 12.0 Å². The quantitative estimate of drug-likeness (QED) is 0.653. The molecule has 0 spiro atoms. The van der Waals surface area contributed by atoms with Gasteiger partial charge >= 0.3 is 0 Å². The molecule has 1 amide bonds. The Bertz CT molecular complexity index is 521. The molecule has 1 unspecified atom stereocenters. The normalized spacial score (nSPS) is 18.9. The van der Waals surface area contributed by atoms with Crippen LogP contribution in [0.25, 0.3) is 0 Å². The summed E-state index contributed by atoms with van der Waals surface area (Å²) < 4.78 is 13.1. The number of nitro groups is 1. The van der Waals surface area contributed by atoms with Gasteiger partial charge in [0.25, 0.3) is 5.69 Å². The molecule has 0 saturated carbocycles. The third kappa shape index (κ3) is 2.87. The predicted molar refractivity (Wildman–Crippen MR) is 65.9 cm³/mol. The van der Waals surface area contributed by atoms with Gasteiger partial charge in [-0.15, -0.1) is 0 Å². The van der Waals surface area contributed by atoms with Crippen LogP contribution in [0.2, 0.25) is 0 Å². The maximum atomic E-state index is 13.1. The Balaban J connectivity index is 2.09. The number of hydrogen-bond acceptors (Lipinski definition) is 4. The Labute approximate surface area is 109 Å². The van der Waals surface area contributed by atoms with Crippen LogP contribution in [0.4, 0.5) is 10.1 Å². The molecule has 1 aromatic carbocycles. The molecule has 1 aliphatic rings. The molecule has 1 atom stereocenters. The van der Waals surface area contributed by atoms with Gasteiger partial charge in [-0.1, -0.05) is 0 Å². The lowest BCUT2D eigenvalue weighted by Crippen LogP contribution is -2.36. The summed E-state index contributed by atoms with van der Waals surface area (Å²) in [5.41, 5.74) is 0.0973. The van der Waals surface area contributed by atoms with Crippen molar-refractivity contribution >= 4 is 11.6 Å². The number of nitrogens with zero attached hydrogens (tertiary/aromatic N) is 2. The lowest BCUT2D eigenvalue weighted by molar-refractivity contribution is -0.385. The first kappa shape index (κ1) is 13.4. The number of likely N-dealkylation sites (N-methyl/N-ethyl adjacent to an activating group) is 1. The van der Waals surface area contributed by atoms with Gasteiger partial charge in [0.2, 0.25) is 5.91 Å². The summed E-state index contributed by atoms with van der Waals surface area (Å²) in [6.07, 6.45) is 0.651. The number of benzene rings is 1. The Hall–Kier alpha value is -2.02. The molecule has 0 aromatic heterocycles. The maximum Gasteiger partial charge on any atom is 0.274 e. The highest BCUT2D eigenvalue weighted by molar-refractivity contribution is 5.83. The fraction of sp³-hybridized carbons (Fsp3) is 0.417. The molecule has 1 saturated heterocycles. The number of amides is 1. The summed E-state index contributed by atoms with van der Waals surface area (Å²) >= 11 is 0. The Morgan fingerprint density at radius 1 is 1.58 bits per heavy atom. The number of nitro benzene ring substituents is 1. The van der Waals surface area contributed by atoms with Crippen LogP contribution in [-0.4, -0.2) is 35.4 Å². The van der Waals surface area contributed by atoms with Crippen molar-refractivity contribution in [1.82, 2.24) is 10.2 Å². The summed E-state index contributed by atoms with van der Waals surface area (Å²) in [5.74, 6) is -0.573. The van der Waals surface area contributed by atoms with Gasteiger partial charge in [-0.05, 0) is 18.6 Å². The number of rotatable bonds is 4. The van der Waals surface area contributed by atoms with Crippen molar-refractivity contribution in [3.8, 4) is 0 Å². The van der Waals surface area contributed by atoms with E-state index in [4.69, 9.17) is 0 Å². The van der Waals surface area contributed by atoms with Crippen molar-refractivity contribution in [1.29, 1.82) is 0 Å². The first-order chi connectivity index (χ1) is 8.99. The molecule has 102 valence electrons. The van der Waals surface area contributed by atoms with E-state index in [1.54, 1.807) is 11.9 Å². The molecule has 0 radical (unpaired) electrons. The van der Waals surface area contributed by atoms with Crippen LogP contribution < -0.4 is 5.32 Å². The minimum absolute atomic E-state index is 0.0425. The highest BCUT2D eigenvalue weighted by Gasteiger charge is 2.29. The van der Waals surface area contributed by atoms with Crippen molar-refractivity contribution in [3.63, 3.8) is 0 Å². The summed E-state index contributed by atoms with van der Waals surface area (Å²) in [7, 11) is 1.70. The highest BCUT2D eigenvalue weighted by Crippen LogP contribution is 2.20. The largest absolute Gasteiger partial charge is 0.344 e. The van der Waals surface area contributed by atoms with Crippen LogP contribution in [0, 0.1) is 15.9 Å². The monoisotopic (exact) mass is 267 g/mol. The number of carbonyl (C=O) groups excluding carboxylic acids is 1. The fourth-order valence-electron chi connectivity index (χ4n) is 2.12. The van der Waals surface area contributed by atoms with E-state index in [9.17, 15) is 19.3 Å². The van der Waals surface area contributed by atoms with Gasteiger partial charge in [0.05, 0.1) is 11.0 Å². The van der Waals surface area contributed by atoms with E-state index in [2.05, 4.69) is 5.32 Å². The minimum atomic E-state index is -0.557. The van der Waals surface area contributed by atoms with E-state index >= 15 is 0 Å². The molecule has 0 aliphatic carbocycles. The maximum absolute atomic E-state index is 13.1. The van der Waals surface area contributed by atoms with Crippen molar-refractivity contribution < 1.29 is 14.1 Å². The summed E-state index contributed by atoms with van der Waals surface area (Å²) in [4.78, 5) is 23.5. The van der Waals surface area contributed by atoms with Gasteiger partial charge in [0.15, 0.2) is 0 Å². The van der Waals surface area contributed by atoms with Gasteiger partial charge < -0.3 is 10.2 Å². The molecule has 0 bridgehead atoms. The molecular weight excluding hydrogens is 253 g/mol. The van der Waals surface area contributed by atoms with E-state index < -0.39 is 10.7 Å². The zero-order valence-corrected chi connectivity index (χ0v) is 10.4. The summed E-state index contributed by atoms with van der Waals surface area (Å²) in [6.45, 7) is 0.750. The van der Waals surface area contributed by atoms with Crippen LogP contribution in [-0.2, 0) is 11.3 Å². The molecule has 1 N–H and O–H groups in total. The van der Waals surface area contributed by atoms with Crippen LogP contribution >= 0.6 is 0 Å². The van der Waals surface area contributed by atoms with Crippen LogP contribution in [0.5, 0.6) is 0 Å². The average Bonchev–Trinajstić information content (AvgIpc) is 2.67. The molecular formula is C12H14FN3O3. The Kier molecular flexibility index (Phi) is 3.75. The molecule has 1 aromatic rings. The molecule has 19 heavy (non-hydrogen) atoms. The molecule has 1 aliphatic heterocycles. The standard InChI is InChI=1S/C12H14FN3O3/c1-15-5-4-10(12(15)17)14-7-8-6-9(13)2-3-11(8)16(18)19/h2-3,6,10,14H,4-5,7H2,1H3. The number of hydrogen-bond donors (Lipinski definition) is 1. The Morgan fingerprint density at radius 3 is 2.89 bits per heavy atom. The van der Waals surface area contributed by atoms with Crippen molar-refractivity contribution in [2.24, 2.45) is 0 Å². The smallest absolute Gasteiger partial charge is 0.274 e. The predicted octanol–water partition coefficient (Wildman–Crippen LogP) is 1.05. The molecule has 2 rings (SSSR count). The first-order valence-electron chi connectivity index (χ1n) is 5.90. The van der Waals surface area contributed by atoms with Gasteiger partial charge in [-0.25, -0.2) is 4.39 Å². The van der Waals surface area contributed by atoms with Crippen molar-refractivity contribution in [2.45, 2.75) is 19.0 Å². The number of nitrogens with one attached hydrogen (secondary N) is 1. The third-order valence-electron chi connectivity index (χ3n) is 3.20. The second kappa shape index (κ2) is 5.31. The highest BCUT2D eigenvalue weighted by atomic mass is 19.1. The summed E-state index contributed by atoms with van der Waals surface area (Å²) in [5, 5.41) is 13.8. The van der Waals surface area contributed by atoms with Gasteiger partial charge in [-0.2, -0.15) is 0 Å². The lowest BCUT2D eigenvalue weighted by atomic mass is 10.1. The average molecular weight is 267 g/mol. The zero-order chi connectivity index (χ0) is 14.0. The van der Waals surface area contributed by atoms with E-state index in [1.807, 2.05) is 0 Å². The van der Waals surface area contributed by atoms with Gasteiger partial charge in [0, 0.05) is 31.8 Å². The molecule has 6 nitrogen and oxygen atoms in total. The molecule has 1 heterocycles. The van der Waals surface area contributed by atoms with Gasteiger partial charge in [0.1, 0.15) is 5.82 Å². The lowest BCUT2D eigenvalue weighted by Gasteiger charge is -2.12. The molecule has 1 fully saturated rings. The SMILES string of the molecule is CN1CCC(NCc2cc(F)ccc2[N+](=O)[O-])C1=O. The zero-order valence-electron chi connectivity index (χ0n) is 10.4. The first-order valence-corrected chi connectivity index (χ1v) is 5.90. The second-order valence-electron chi connectivity index (χ2n) is 4.51. The minimum Gasteiger partial charge on any atom is -0.344 e. The second-order valence-corrected chi connectivity index (χ2v) is 4.51. The number of likely N-dealkylation sites (tertiary alicyclic amines) is 1. The molecule has 7 heteroatoms. The van der Waals surface area contributed by atoms with Gasteiger partial charge in [-0.3, -0.25) is 14.9 Å². The third-order valence-corrected chi connectivity index (χ3v) is 3.20. The van der Waals surface area contributed by atoms with Crippen LogP contribution in [0.3, 0.4) is 0 Å². The van der Waals surface area contributed by atoms with Crippen molar-refractivity contribution in [3.05, 3.63) is 39.7 Å². The van der Waals surface area contributed by atoms with E-state index in [0.29, 0.717) is 13.0 Å². The van der Waals surface area contributed by atoms with E-state index in [-0.39, 0.29) is 29.7 Å². The number of halogens is 1. The summed E-state index contributed by atoms with van der Waals surface area (Å²) in [6, 6.07) is 2.95. The van der Waals surface area contributed by atoms with E-state index in [0.717, 1.165) is 18.2 Å².